The summed E-state index contributed by atoms with van der Waals surface area (Å²) in [5, 5.41) is 2.74. The molecule has 144 valence electrons. The van der Waals surface area contributed by atoms with Gasteiger partial charge < -0.3 is 15.1 Å². The van der Waals surface area contributed by atoms with E-state index in [1.807, 2.05) is 11.8 Å². The topological polar surface area (TPSA) is 73.0 Å². The largest absolute Gasteiger partial charge is 0.345 e. The van der Waals surface area contributed by atoms with Gasteiger partial charge in [0.05, 0.1) is 6.54 Å². The first-order valence-electron chi connectivity index (χ1n) is 9.90. The Hall–Kier alpha value is -1.89. The van der Waals surface area contributed by atoms with Crippen LogP contribution in [-0.2, 0) is 14.4 Å². The van der Waals surface area contributed by atoms with Crippen LogP contribution in [0, 0.1) is 0 Å². The van der Waals surface area contributed by atoms with Crippen LogP contribution in [0.5, 0.6) is 0 Å². The van der Waals surface area contributed by atoms with Crippen LogP contribution < -0.4 is 5.32 Å². The number of amides is 3. The molecule has 7 heteroatoms. The van der Waals surface area contributed by atoms with Gasteiger partial charge in [-0.3, -0.25) is 19.3 Å². The molecule has 0 bridgehead atoms. The van der Waals surface area contributed by atoms with E-state index in [1.165, 1.54) is 6.42 Å². The fourth-order valence-electron chi connectivity index (χ4n) is 3.61. The quantitative estimate of drug-likeness (QED) is 0.732. The molecule has 26 heavy (non-hydrogen) atoms. The second kappa shape index (κ2) is 8.66. The molecule has 1 aliphatic heterocycles. The first-order valence-corrected chi connectivity index (χ1v) is 9.90. The first-order chi connectivity index (χ1) is 12.6. The third-order valence-electron chi connectivity index (χ3n) is 5.36. The Morgan fingerprint density at radius 2 is 1.88 bits per heavy atom. The molecule has 2 aliphatic carbocycles. The van der Waals surface area contributed by atoms with Crippen molar-refractivity contribution in [1.82, 2.24) is 20.0 Å². The molecule has 1 N–H and O–H groups in total. The minimum absolute atomic E-state index is 0.131. The van der Waals surface area contributed by atoms with E-state index in [2.05, 4.69) is 16.3 Å². The molecule has 1 saturated heterocycles. The maximum Gasteiger partial charge on any atom is 0.311 e. The van der Waals surface area contributed by atoms with E-state index in [4.69, 9.17) is 0 Å². The standard InChI is InChI=1S/C19H30N4O3/c1-2-23(16-6-4-3-5-7-16)17(24)14-21-10-12-22(13-11-21)19(26)18(25)20-15-8-9-15/h6,15H,2-5,7-14H2,1H3,(H,20,25). The predicted octanol–water partition coefficient (Wildman–Crippen LogP) is 0.716. The monoisotopic (exact) mass is 362 g/mol. The van der Waals surface area contributed by atoms with Crippen molar-refractivity contribution in [2.75, 3.05) is 39.3 Å². The van der Waals surface area contributed by atoms with Crippen LogP contribution in [0.4, 0.5) is 0 Å². The highest BCUT2D eigenvalue weighted by Crippen LogP contribution is 2.21. The zero-order valence-electron chi connectivity index (χ0n) is 15.7. The van der Waals surface area contributed by atoms with Gasteiger partial charge in [0.25, 0.3) is 0 Å². The summed E-state index contributed by atoms with van der Waals surface area (Å²) >= 11 is 0. The molecule has 3 aliphatic rings. The summed E-state index contributed by atoms with van der Waals surface area (Å²) in [6.45, 7) is 5.35. The molecule has 0 radical (unpaired) electrons. The molecule has 2 fully saturated rings. The van der Waals surface area contributed by atoms with E-state index in [-0.39, 0.29) is 11.9 Å². The van der Waals surface area contributed by atoms with Gasteiger partial charge in [-0.25, -0.2) is 0 Å². The van der Waals surface area contributed by atoms with Gasteiger partial charge in [-0.05, 0) is 45.4 Å². The fraction of sp³-hybridized carbons (Fsp3) is 0.737. The van der Waals surface area contributed by atoms with Crippen molar-refractivity contribution in [2.24, 2.45) is 0 Å². The molecule has 0 unspecified atom stereocenters. The molecule has 0 aromatic heterocycles. The highest BCUT2D eigenvalue weighted by molar-refractivity contribution is 6.35. The third-order valence-corrected chi connectivity index (χ3v) is 5.36. The van der Waals surface area contributed by atoms with Crippen molar-refractivity contribution in [3.63, 3.8) is 0 Å². The number of hydrogen-bond donors (Lipinski definition) is 1. The van der Waals surface area contributed by atoms with E-state index in [9.17, 15) is 14.4 Å². The second-order valence-electron chi connectivity index (χ2n) is 7.40. The number of hydrogen-bond acceptors (Lipinski definition) is 4. The Morgan fingerprint density at radius 3 is 2.46 bits per heavy atom. The lowest BCUT2D eigenvalue weighted by Gasteiger charge is -2.35. The molecular weight excluding hydrogens is 332 g/mol. The molecule has 0 atom stereocenters. The maximum absolute atomic E-state index is 12.7. The number of nitrogens with zero attached hydrogens (tertiary/aromatic N) is 3. The highest BCUT2D eigenvalue weighted by Gasteiger charge is 2.31. The van der Waals surface area contributed by atoms with Gasteiger partial charge in [-0.2, -0.15) is 0 Å². The zero-order chi connectivity index (χ0) is 18.5. The van der Waals surface area contributed by atoms with Crippen molar-refractivity contribution in [3.05, 3.63) is 11.8 Å². The summed E-state index contributed by atoms with van der Waals surface area (Å²) in [6.07, 6.45) is 8.54. The van der Waals surface area contributed by atoms with Crippen molar-refractivity contribution < 1.29 is 14.4 Å². The molecule has 0 spiro atoms. The predicted molar refractivity (Wildman–Crippen MR) is 98.1 cm³/mol. The summed E-state index contributed by atoms with van der Waals surface area (Å²) in [5.74, 6) is -0.796. The average molecular weight is 362 g/mol. The van der Waals surface area contributed by atoms with Gasteiger partial charge in [-0.15, -0.1) is 0 Å². The number of piperazine rings is 1. The molecule has 1 saturated carbocycles. The summed E-state index contributed by atoms with van der Waals surface area (Å²) in [7, 11) is 0. The van der Waals surface area contributed by atoms with E-state index >= 15 is 0 Å². The van der Waals surface area contributed by atoms with Crippen LogP contribution in [0.1, 0.15) is 45.4 Å². The summed E-state index contributed by atoms with van der Waals surface area (Å²) in [5.41, 5.74) is 1.16. The molecule has 0 aromatic rings. The van der Waals surface area contributed by atoms with Crippen molar-refractivity contribution >= 4 is 17.7 Å². The second-order valence-corrected chi connectivity index (χ2v) is 7.40. The van der Waals surface area contributed by atoms with Crippen molar-refractivity contribution in [3.8, 4) is 0 Å². The van der Waals surface area contributed by atoms with Crippen LogP contribution in [0.15, 0.2) is 11.8 Å². The van der Waals surface area contributed by atoms with E-state index < -0.39 is 11.8 Å². The maximum atomic E-state index is 12.7. The van der Waals surface area contributed by atoms with E-state index in [0.717, 1.165) is 37.8 Å². The lowest BCUT2D eigenvalue weighted by Crippen LogP contribution is -2.54. The van der Waals surface area contributed by atoms with Gasteiger partial charge in [0, 0.05) is 44.5 Å². The minimum Gasteiger partial charge on any atom is -0.345 e. The van der Waals surface area contributed by atoms with Crippen LogP contribution in [-0.4, -0.2) is 77.7 Å². The van der Waals surface area contributed by atoms with Gasteiger partial charge >= 0.3 is 11.8 Å². The number of carbonyl (C=O) groups is 3. The Balaban J connectivity index is 1.45. The van der Waals surface area contributed by atoms with Crippen LogP contribution in [0.3, 0.4) is 0 Å². The summed E-state index contributed by atoms with van der Waals surface area (Å²) in [6, 6.07) is 0.194. The zero-order valence-corrected chi connectivity index (χ0v) is 15.7. The number of rotatable bonds is 5. The van der Waals surface area contributed by atoms with Gasteiger partial charge in [0.2, 0.25) is 5.91 Å². The van der Waals surface area contributed by atoms with Crippen molar-refractivity contribution in [2.45, 2.75) is 51.5 Å². The van der Waals surface area contributed by atoms with Crippen molar-refractivity contribution in [1.29, 1.82) is 0 Å². The minimum atomic E-state index is -0.488. The van der Waals surface area contributed by atoms with Crippen LogP contribution in [0.25, 0.3) is 0 Å². The number of nitrogens with one attached hydrogen (secondary N) is 1. The fourth-order valence-corrected chi connectivity index (χ4v) is 3.61. The molecule has 3 amide bonds. The molecule has 0 aromatic carbocycles. The van der Waals surface area contributed by atoms with E-state index in [0.29, 0.717) is 39.3 Å². The summed E-state index contributed by atoms with van der Waals surface area (Å²) < 4.78 is 0. The number of carbonyl (C=O) groups excluding carboxylic acids is 3. The molecule has 1 heterocycles. The van der Waals surface area contributed by atoms with Gasteiger partial charge in [0.15, 0.2) is 0 Å². The summed E-state index contributed by atoms with van der Waals surface area (Å²) in [4.78, 5) is 42.3. The first kappa shape index (κ1) is 18.9. The number of likely N-dealkylation sites (N-methyl/N-ethyl adjacent to an activating group) is 1. The normalized spacial score (nSPS) is 21.1. The van der Waals surface area contributed by atoms with Crippen LogP contribution >= 0.6 is 0 Å². The van der Waals surface area contributed by atoms with E-state index in [1.54, 1.807) is 4.90 Å². The highest BCUT2D eigenvalue weighted by atomic mass is 16.2. The number of allylic oxidation sites excluding steroid dienone is 2. The third kappa shape index (κ3) is 4.84. The molecule has 7 nitrogen and oxygen atoms in total. The smallest absolute Gasteiger partial charge is 0.311 e. The lowest BCUT2D eigenvalue weighted by molar-refractivity contribution is -0.147. The average Bonchev–Trinajstić information content (AvgIpc) is 3.47. The Bertz CT molecular complexity index is 577. The Labute approximate surface area is 155 Å². The SMILES string of the molecule is CCN(C(=O)CN1CCN(C(=O)C(=O)NC2CC2)CC1)C1=CCCCC1. The molecular formula is C19H30N4O3. The van der Waals surface area contributed by atoms with Gasteiger partial charge in [-0.1, -0.05) is 6.08 Å². The van der Waals surface area contributed by atoms with Crippen LogP contribution in [0.2, 0.25) is 0 Å². The van der Waals surface area contributed by atoms with Gasteiger partial charge in [0.1, 0.15) is 0 Å². The molecule has 3 rings (SSSR count). The lowest BCUT2D eigenvalue weighted by atomic mass is 10.0. The Morgan fingerprint density at radius 1 is 1.15 bits per heavy atom. The Kier molecular flexibility index (Phi) is 6.29.